The van der Waals surface area contributed by atoms with Crippen molar-refractivity contribution in [2.45, 2.75) is 32.9 Å². The third-order valence-corrected chi connectivity index (χ3v) is 5.97. The zero-order valence-corrected chi connectivity index (χ0v) is 17.0. The number of carbonyl (C=O) groups is 1. The molecule has 3 aromatic rings. The maximum atomic E-state index is 12.7. The van der Waals surface area contributed by atoms with E-state index in [1.807, 2.05) is 35.3 Å². The summed E-state index contributed by atoms with van der Waals surface area (Å²) in [4.78, 5) is 20.9. The summed E-state index contributed by atoms with van der Waals surface area (Å²) in [5.41, 5.74) is 2.17. The molecular formula is C21H25N5OS. The van der Waals surface area contributed by atoms with Crippen molar-refractivity contribution in [1.82, 2.24) is 20.1 Å². The standard InChI is InChI=1S/C21H25N5OS/c1-15(2)12-26-13-16(10-23-26)19-5-6-20(28-19)21(27)24-17-7-9-25(14-17)18-4-3-8-22-11-18/h3-6,8,10-11,13,15,17H,7,9,12,14H2,1-2H3,(H,24,27)/t17-/m1/s1. The van der Waals surface area contributed by atoms with Gasteiger partial charge in [-0.15, -0.1) is 11.3 Å². The van der Waals surface area contributed by atoms with Crippen LogP contribution in [0.25, 0.3) is 10.4 Å². The smallest absolute Gasteiger partial charge is 0.261 e. The first kappa shape index (κ1) is 18.7. The lowest BCUT2D eigenvalue weighted by Crippen LogP contribution is -2.36. The van der Waals surface area contributed by atoms with Crippen LogP contribution in [0, 0.1) is 5.92 Å². The lowest BCUT2D eigenvalue weighted by molar-refractivity contribution is 0.0944. The summed E-state index contributed by atoms with van der Waals surface area (Å²) < 4.78 is 1.96. The summed E-state index contributed by atoms with van der Waals surface area (Å²) in [5.74, 6) is 0.555. The minimum Gasteiger partial charge on any atom is -0.368 e. The van der Waals surface area contributed by atoms with Crippen molar-refractivity contribution in [3.05, 3.63) is 53.9 Å². The molecular weight excluding hydrogens is 370 g/mol. The van der Waals surface area contributed by atoms with Gasteiger partial charge in [-0.2, -0.15) is 5.10 Å². The summed E-state index contributed by atoms with van der Waals surface area (Å²) >= 11 is 1.52. The third-order valence-electron chi connectivity index (χ3n) is 4.83. The second-order valence-corrected chi connectivity index (χ2v) is 8.71. The van der Waals surface area contributed by atoms with Gasteiger partial charge in [-0.1, -0.05) is 13.8 Å². The Balaban J connectivity index is 1.36. The van der Waals surface area contributed by atoms with Crippen molar-refractivity contribution in [3.63, 3.8) is 0 Å². The van der Waals surface area contributed by atoms with E-state index in [-0.39, 0.29) is 11.9 Å². The van der Waals surface area contributed by atoms with Crippen LogP contribution in [0.3, 0.4) is 0 Å². The molecule has 1 saturated heterocycles. The van der Waals surface area contributed by atoms with E-state index in [2.05, 4.69) is 46.4 Å². The van der Waals surface area contributed by atoms with Crippen molar-refractivity contribution in [3.8, 4) is 10.4 Å². The number of rotatable bonds is 6. The van der Waals surface area contributed by atoms with Gasteiger partial charge in [0.2, 0.25) is 0 Å². The molecule has 1 amide bonds. The van der Waals surface area contributed by atoms with Crippen LogP contribution in [0.4, 0.5) is 5.69 Å². The molecule has 1 aliphatic rings. The minimum atomic E-state index is 0.00357. The number of aromatic nitrogens is 3. The highest BCUT2D eigenvalue weighted by Crippen LogP contribution is 2.28. The summed E-state index contributed by atoms with van der Waals surface area (Å²) in [6.45, 7) is 6.99. The molecule has 0 spiro atoms. The van der Waals surface area contributed by atoms with Crippen molar-refractivity contribution in [2.75, 3.05) is 18.0 Å². The lowest BCUT2D eigenvalue weighted by atomic mass is 10.2. The van der Waals surface area contributed by atoms with Gasteiger partial charge in [-0.25, -0.2) is 0 Å². The lowest BCUT2D eigenvalue weighted by Gasteiger charge is -2.18. The molecule has 1 N–H and O–H groups in total. The molecule has 7 heteroatoms. The fourth-order valence-corrected chi connectivity index (χ4v) is 4.37. The van der Waals surface area contributed by atoms with Crippen LogP contribution >= 0.6 is 11.3 Å². The van der Waals surface area contributed by atoms with Gasteiger partial charge in [0, 0.05) is 48.5 Å². The Morgan fingerprint density at radius 3 is 3.00 bits per heavy atom. The highest BCUT2D eigenvalue weighted by atomic mass is 32.1. The molecule has 0 aromatic carbocycles. The van der Waals surface area contributed by atoms with Gasteiger partial charge in [0.15, 0.2) is 0 Å². The molecule has 146 valence electrons. The Morgan fingerprint density at radius 2 is 2.21 bits per heavy atom. The van der Waals surface area contributed by atoms with E-state index in [1.54, 1.807) is 6.20 Å². The largest absolute Gasteiger partial charge is 0.368 e. The first-order valence-corrected chi connectivity index (χ1v) is 10.5. The normalized spacial score (nSPS) is 16.7. The van der Waals surface area contributed by atoms with E-state index < -0.39 is 0 Å². The topological polar surface area (TPSA) is 63.1 Å². The molecule has 0 aliphatic carbocycles. The summed E-state index contributed by atoms with van der Waals surface area (Å²) in [5, 5.41) is 7.60. The van der Waals surface area contributed by atoms with E-state index in [9.17, 15) is 4.79 Å². The van der Waals surface area contributed by atoms with E-state index in [0.29, 0.717) is 5.92 Å². The predicted molar refractivity (Wildman–Crippen MR) is 113 cm³/mol. The van der Waals surface area contributed by atoms with E-state index in [1.165, 1.54) is 11.3 Å². The average molecular weight is 396 g/mol. The molecule has 0 bridgehead atoms. The van der Waals surface area contributed by atoms with Gasteiger partial charge in [0.1, 0.15) is 0 Å². The number of pyridine rings is 1. The number of carbonyl (C=O) groups excluding carboxylic acids is 1. The van der Waals surface area contributed by atoms with Crippen LogP contribution in [0.2, 0.25) is 0 Å². The first-order valence-electron chi connectivity index (χ1n) is 9.67. The second kappa shape index (κ2) is 8.14. The molecule has 1 fully saturated rings. The zero-order valence-electron chi connectivity index (χ0n) is 16.2. The zero-order chi connectivity index (χ0) is 19.5. The van der Waals surface area contributed by atoms with Crippen LogP contribution in [0.1, 0.15) is 29.9 Å². The van der Waals surface area contributed by atoms with E-state index in [0.717, 1.165) is 47.1 Å². The van der Waals surface area contributed by atoms with Crippen LogP contribution in [-0.2, 0) is 6.54 Å². The summed E-state index contributed by atoms with van der Waals surface area (Å²) in [6.07, 6.45) is 8.52. The SMILES string of the molecule is CC(C)Cn1cc(-c2ccc(C(=O)N[C@@H]3CCN(c4cccnc4)C3)s2)cn1. The highest BCUT2D eigenvalue weighted by molar-refractivity contribution is 7.17. The number of nitrogens with zero attached hydrogens (tertiary/aromatic N) is 4. The Bertz CT molecular complexity index is 933. The molecule has 28 heavy (non-hydrogen) atoms. The molecule has 1 aliphatic heterocycles. The molecule has 0 saturated carbocycles. The van der Waals surface area contributed by atoms with Crippen LogP contribution in [0.5, 0.6) is 0 Å². The third kappa shape index (κ3) is 4.25. The van der Waals surface area contributed by atoms with Crippen molar-refractivity contribution in [1.29, 1.82) is 0 Å². The van der Waals surface area contributed by atoms with Gasteiger partial charge in [0.05, 0.1) is 23.0 Å². The predicted octanol–water partition coefficient (Wildman–Crippen LogP) is 3.67. The van der Waals surface area contributed by atoms with Gasteiger partial charge < -0.3 is 10.2 Å². The highest BCUT2D eigenvalue weighted by Gasteiger charge is 2.25. The maximum absolute atomic E-state index is 12.7. The van der Waals surface area contributed by atoms with E-state index in [4.69, 9.17) is 0 Å². The average Bonchev–Trinajstić information content (AvgIpc) is 3.42. The van der Waals surface area contributed by atoms with Crippen LogP contribution < -0.4 is 10.2 Å². The Labute approximate surface area is 169 Å². The van der Waals surface area contributed by atoms with Crippen LogP contribution in [-0.4, -0.2) is 39.8 Å². The molecule has 3 aromatic heterocycles. The van der Waals surface area contributed by atoms with Gasteiger partial charge >= 0.3 is 0 Å². The van der Waals surface area contributed by atoms with Crippen molar-refractivity contribution >= 4 is 22.9 Å². The number of thiophene rings is 1. The molecule has 1 atom stereocenters. The first-order chi connectivity index (χ1) is 13.6. The van der Waals surface area contributed by atoms with Crippen LogP contribution in [0.15, 0.2) is 49.1 Å². The fourth-order valence-electron chi connectivity index (χ4n) is 3.49. The summed E-state index contributed by atoms with van der Waals surface area (Å²) in [6, 6.07) is 8.07. The van der Waals surface area contributed by atoms with Gasteiger partial charge in [-0.3, -0.25) is 14.5 Å². The monoisotopic (exact) mass is 395 g/mol. The Morgan fingerprint density at radius 1 is 1.32 bits per heavy atom. The van der Waals surface area contributed by atoms with Gasteiger partial charge in [0.25, 0.3) is 5.91 Å². The van der Waals surface area contributed by atoms with Crippen molar-refractivity contribution < 1.29 is 4.79 Å². The molecule has 4 rings (SSSR count). The van der Waals surface area contributed by atoms with E-state index >= 15 is 0 Å². The van der Waals surface area contributed by atoms with Gasteiger partial charge in [-0.05, 0) is 36.6 Å². The van der Waals surface area contributed by atoms with Crippen molar-refractivity contribution in [2.24, 2.45) is 5.92 Å². The second-order valence-electron chi connectivity index (χ2n) is 7.63. The Hall–Kier alpha value is -2.67. The number of amides is 1. The quantitative estimate of drug-likeness (QED) is 0.692. The molecule has 0 radical (unpaired) electrons. The minimum absolute atomic E-state index is 0.00357. The number of hydrogen-bond acceptors (Lipinski definition) is 5. The fraction of sp³-hybridized carbons (Fsp3) is 0.381. The Kier molecular flexibility index (Phi) is 5.43. The number of hydrogen-bond donors (Lipinski definition) is 1. The number of anilines is 1. The molecule has 0 unspecified atom stereocenters. The summed E-state index contributed by atoms with van der Waals surface area (Å²) in [7, 11) is 0. The molecule has 6 nitrogen and oxygen atoms in total. The maximum Gasteiger partial charge on any atom is 0.261 e. The molecule has 4 heterocycles. The number of nitrogens with one attached hydrogen (secondary N) is 1.